The fraction of sp³-hybridized carbons (Fsp3) is 0.308. The molecule has 0 aliphatic carbocycles. The Hall–Kier alpha value is -1.62. The number of nitrogen functional groups attached to an aromatic ring is 1. The molecule has 0 fully saturated rings. The lowest BCUT2D eigenvalue weighted by molar-refractivity contribution is 0.680. The van der Waals surface area contributed by atoms with Crippen LogP contribution in [0.2, 0.25) is 0 Å². The molecule has 2 rings (SSSR count). The Balaban J connectivity index is 2.04. The fourth-order valence-corrected chi connectivity index (χ4v) is 2.86. The van der Waals surface area contributed by atoms with E-state index in [9.17, 15) is 4.21 Å². The summed E-state index contributed by atoms with van der Waals surface area (Å²) in [6.07, 6.45) is 4.36. The molecule has 0 aliphatic rings. The molecule has 0 bridgehead atoms. The highest BCUT2D eigenvalue weighted by Gasteiger charge is 2.07. The van der Waals surface area contributed by atoms with Crippen molar-refractivity contribution in [2.45, 2.75) is 18.2 Å². The summed E-state index contributed by atoms with van der Waals surface area (Å²) in [5.74, 6) is 1.53. The number of hydrogen-bond donors (Lipinski definition) is 1. The van der Waals surface area contributed by atoms with Gasteiger partial charge in [0.25, 0.3) is 0 Å². The summed E-state index contributed by atoms with van der Waals surface area (Å²) in [6.45, 7) is 1.93. The molecule has 1 aromatic heterocycles. The van der Waals surface area contributed by atoms with Gasteiger partial charge >= 0.3 is 0 Å². The molecule has 0 aliphatic heterocycles. The van der Waals surface area contributed by atoms with Gasteiger partial charge in [0, 0.05) is 42.2 Å². The van der Waals surface area contributed by atoms with E-state index in [0.29, 0.717) is 12.2 Å². The number of anilines is 1. The second-order valence-corrected chi connectivity index (χ2v) is 5.84. The monoisotopic (exact) mass is 263 g/mol. The van der Waals surface area contributed by atoms with E-state index < -0.39 is 10.8 Å². The molecule has 1 unspecified atom stereocenters. The Kier molecular flexibility index (Phi) is 3.81. The highest BCUT2D eigenvalue weighted by molar-refractivity contribution is 7.85. The Labute approximate surface area is 109 Å². The minimum absolute atomic E-state index is 0.578. The van der Waals surface area contributed by atoms with Crippen LogP contribution in [0.4, 0.5) is 5.69 Å². The maximum atomic E-state index is 12.1. The van der Waals surface area contributed by atoms with Crippen LogP contribution in [-0.2, 0) is 24.3 Å². The van der Waals surface area contributed by atoms with Crippen molar-refractivity contribution in [2.75, 3.05) is 11.5 Å². The second-order valence-electron chi connectivity index (χ2n) is 4.27. The molecule has 1 atom stereocenters. The van der Waals surface area contributed by atoms with Crippen LogP contribution in [0.15, 0.2) is 35.5 Å². The minimum Gasteiger partial charge on any atom is -0.399 e. The Morgan fingerprint density at radius 3 is 2.83 bits per heavy atom. The number of imidazole rings is 1. The first-order chi connectivity index (χ1) is 8.58. The van der Waals surface area contributed by atoms with E-state index in [-0.39, 0.29) is 0 Å². The molecule has 2 N–H and O–H groups in total. The smallest absolute Gasteiger partial charge is 0.109 e. The number of aromatic nitrogens is 2. The number of nitrogens with zero attached hydrogens (tertiary/aromatic N) is 2. The van der Waals surface area contributed by atoms with Crippen molar-refractivity contribution in [1.29, 1.82) is 0 Å². The largest absolute Gasteiger partial charge is 0.399 e. The first-order valence-electron chi connectivity index (χ1n) is 5.78. The van der Waals surface area contributed by atoms with E-state index in [4.69, 9.17) is 5.73 Å². The normalized spacial score (nSPS) is 12.6. The first kappa shape index (κ1) is 12.8. The summed E-state index contributed by atoms with van der Waals surface area (Å²) in [5, 5.41) is 0. The average molecular weight is 263 g/mol. The molecular weight excluding hydrogens is 246 g/mol. The molecule has 2 aromatic rings. The highest BCUT2D eigenvalue weighted by atomic mass is 32.2. The van der Waals surface area contributed by atoms with Gasteiger partial charge in [-0.2, -0.15) is 0 Å². The molecule has 0 amide bonds. The van der Waals surface area contributed by atoms with Crippen molar-refractivity contribution in [3.8, 4) is 0 Å². The molecule has 0 radical (unpaired) electrons. The van der Waals surface area contributed by atoms with Crippen molar-refractivity contribution in [2.24, 2.45) is 7.05 Å². The number of aryl methyl sites for hydroxylation is 3. The SMILES string of the molecule is Cc1cc(S(=O)CCc2nccn2C)ccc1N. The lowest BCUT2D eigenvalue weighted by atomic mass is 10.2. The molecule has 0 saturated heterocycles. The zero-order valence-electron chi connectivity index (χ0n) is 10.6. The van der Waals surface area contributed by atoms with Gasteiger partial charge in [-0.15, -0.1) is 0 Å². The summed E-state index contributed by atoms with van der Waals surface area (Å²) < 4.78 is 14.1. The van der Waals surface area contributed by atoms with Gasteiger partial charge in [0.15, 0.2) is 0 Å². The van der Waals surface area contributed by atoms with E-state index in [2.05, 4.69) is 4.98 Å². The predicted octanol–water partition coefficient (Wildman–Crippen LogP) is 1.66. The highest BCUT2D eigenvalue weighted by Crippen LogP contribution is 2.16. The van der Waals surface area contributed by atoms with Gasteiger partial charge in [-0.25, -0.2) is 4.98 Å². The van der Waals surface area contributed by atoms with Gasteiger partial charge < -0.3 is 10.3 Å². The van der Waals surface area contributed by atoms with Gasteiger partial charge in [0.1, 0.15) is 5.82 Å². The van der Waals surface area contributed by atoms with Crippen molar-refractivity contribution < 1.29 is 4.21 Å². The zero-order chi connectivity index (χ0) is 13.1. The summed E-state index contributed by atoms with van der Waals surface area (Å²) in [6, 6.07) is 5.53. The molecule has 0 spiro atoms. The van der Waals surface area contributed by atoms with Gasteiger partial charge in [0.05, 0.1) is 10.8 Å². The minimum atomic E-state index is -1.00. The number of nitrogens with two attached hydrogens (primary N) is 1. The van der Waals surface area contributed by atoms with Crippen LogP contribution in [0.25, 0.3) is 0 Å². The summed E-state index contributed by atoms with van der Waals surface area (Å²) in [7, 11) is 0.939. The lowest BCUT2D eigenvalue weighted by Gasteiger charge is -2.05. The van der Waals surface area contributed by atoms with Crippen LogP contribution in [0.3, 0.4) is 0 Å². The van der Waals surface area contributed by atoms with E-state index in [1.165, 1.54) is 0 Å². The second kappa shape index (κ2) is 5.35. The first-order valence-corrected chi connectivity index (χ1v) is 7.10. The van der Waals surface area contributed by atoms with Crippen molar-refractivity contribution in [1.82, 2.24) is 9.55 Å². The molecule has 0 saturated carbocycles. The van der Waals surface area contributed by atoms with E-state index in [0.717, 1.165) is 22.0 Å². The summed E-state index contributed by atoms with van der Waals surface area (Å²) in [5.41, 5.74) is 7.45. The molecule has 96 valence electrons. The predicted molar refractivity (Wildman–Crippen MR) is 73.8 cm³/mol. The maximum absolute atomic E-state index is 12.1. The van der Waals surface area contributed by atoms with Gasteiger partial charge in [-0.1, -0.05) is 0 Å². The number of hydrogen-bond acceptors (Lipinski definition) is 3. The van der Waals surface area contributed by atoms with E-state index in [1.54, 1.807) is 6.20 Å². The van der Waals surface area contributed by atoms with Gasteiger partial charge in [-0.05, 0) is 30.7 Å². The number of benzene rings is 1. The summed E-state index contributed by atoms with van der Waals surface area (Å²) in [4.78, 5) is 5.05. The van der Waals surface area contributed by atoms with Crippen molar-refractivity contribution >= 4 is 16.5 Å². The third-order valence-electron chi connectivity index (χ3n) is 2.94. The Bertz CT molecular complexity index is 577. The molecule has 4 nitrogen and oxygen atoms in total. The standard InChI is InChI=1S/C13H17N3OS/c1-10-9-11(3-4-12(10)14)18(17)8-5-13-15-6-7-16(13)2/h3-4,6-7,9H,5,8,14H2,1-2H3. The van der Waals surface area contributed by atoms with Crippen LogP contribution in [0, 0.1) is 6.92 Å². The molecule has 1 aromatic carbocycles. The average Bonchev–Trinajstić information content (AvgIpc) is 2.75. The van der Waals surface area contributed by atoms with Crippen LogP contribution in [0.1, 0.15) is 11.4 Å². The van der Waals surface area contributed by atoms with Crippen LogP contribution in [0.5, 0.6) is 0 Å². The van der Waals surface area contributed by atoms with Crippen LogP contribution in [-0.4, -0.2) is 19.5 Å². The molecular formula is C13H17N3OS. The van der Waals surface area contributed by atoms with Crippen LogP contribution >= 0.6 is 0 Å². The maximum Gasteiger partial charge on any atom is 0.109 e. The third kappa shape index (κ3) is 2.79. The fourth-order valence-electron chi connectivity index (χ4n) is 1.73. The van der Waals surface area contributed by atoms with E-state index >= 15 is 0 Å². The third-order valence-corrected chi connectivity index (χ3v) is 4.29. The van der Waals surface area contributed by atoms with Crippen molar-refractivity contribution in [3.05, 3.63) is 42.0 Å². The lowest BCUT2D eigenvalue weighted by Crippen LogP contribution is -2.06. The molecule has 18 heavy (non-hydrogen) atoms. The van der Waals surface area contributed by atoms with Gasteiger partial charge in [-0.3, -0.25) is 4.21 Å². The van der Waals surface area contributed by atoms with Crippen molar-refractivity contribution in [3.63, 3.8) is 0 Å². The number of rotatable bonds is 4. The van der Waals surface area contributed by atoms with Gasteiger partial charge in [0.2, 0.25) is 0 Å². The van der Waals surface area contributed by atoms with E-state index in [1.807, 2.05) is 42.9 Å². The Morgan fingerprint density at radius 1 is 1.44 bits per heavy atom. The molecule has 1 heterocycles. The zero-order valence-corrected chi connectivity index (χ0v) is 11.4. The van der Waals surface area contributed by atoms with Crippen LogP contribution < -0.4 is 5.73 Å². The molecule has 5 heteroatoms. The topological polar surface area (TPSA) is 60.9 Å². The summed E-state index contributed by atoms with van der Waals surface area (Å²) >= 11 is 0. The Morgan fingerprint density at radius 2 is 2.22 bits per heavy atom. The quantitative estimate of drug-likeness (QED) is 0.853.